The molecule has 1 atom stereocenters. The summed E-state index contributed by atoms with van der Waals surface area (Å²) in [5.41, 5.74) is -1.81. The molecule has 218 valence electrons. The van der Waals surface area contributed by atoms with Crippen LogP contribution in [0, 0.1) is 11.7 Å². The van der Waals surface area contributed by atoms with Crippen LogP contribution in [0.25, 0.3) is 11.3 Å². The van der Waals surface area contributed by atoms with E-state index in [0.717, 1.165) is 12.8 Å². The number of hydrogen-bond donors (Lipinski definition) is 3. The zero-order chi connectivity index (χ0) is 28.7. The fraction of sp³-hybridized carbons (Fsp3) is 0.607. The normalized spacial score (nSPS) is 26.0. The van der Waals surface area contributed by atoms with E-state index in [4.69, 9.17) is 4.74 Å². The van der Waals surface area contributed by atoms with Crippen LogP contribution in [0.2, 0.25) is 0 Å². The number of aromatic amines is 1. The first-order chi connectivity index (χ1) is 19.0. The second-order valence-corrected chi connectivity index (χ2v) is 11.3. The van der Waals surface area contributed by atoms with Crippen molar-refractivity contribution < 1.29 is 37.3 Å². The molecule has 2 aliphatic carbocycles. The summed E-state index contributed by atoms with van der Waals surface area (Å²) in [4.78, 5) is 28.3. The minimum atomic E-state index is -3.36. The van der Waals surface area contributed by atoms with Crippen molar-refractivity contribution in [3.8, 4) is 17.0 Å². The van der Waals surface area contributed by atoms with Gasteiger partial charge in [0.2, 0.25) is 5.91 Å². The number of aromatic nitrogens is 2. The third-order valence-corrected chi connectivity index (χ3v) is 8.77. The number of likely N-dealkylation sites (tertiary alicyclic amines) is 1. The lowest BCUT2D eigenvalue weighted by molar-refractivity contribution is -0.218. The Morgan fingerprint density at radius 3 is 2.55 bits per heavy atom. The summed E-state index contributed by atoms with van der Waals surface area (Å²) in [6, 6.07) is 5.54. The molecule has 1 aliphatic heterocycles. The van der Waals surface area contributed by atoms with Gasteiger partial charge < -0.3 is 24.8 Å². The average Bonchev–Trinajstić information content (AvgIpc) is 3.50. The molecule has 0 bridgehead atoms. The number of alkyl halides is 2. The Labute approximate surface area is 230 Å². The van der Waals surface area contributed by atoms with Gasteiger partial charge in [-0.3, -0.25) is 14.7 Å². The number of H-pyrrole nitrogens is 1. The van der Waals surface area contributed by atoms with Gasteiger partial charge >= 0.3 is 0 Å². The minimum absolute atomic E-state index is 0.128. The Morgan fingerprint density at radius 2 is 1.90 bits per heavy atom. The summed E-state index contributed by atoms with van der Waals surface area (Å²) in [5.74, 6) is -4.06. The Bertz CT molecular complexity index is 1260. The summed E-state index contributed by atoms with van der Waals surface area (Å²) in [5, 5.41) is 20.4. The van der Waals surface area contributed by atoms with E-state index in [-0.39, 0.29) is 60.7 Å². The summed E-state index contributed by atoms with van der Waals surface area (Å²) < 4.78 is 52.8. The van der Waals surface area contributed by atoms with Crippen molar-refractivity contribution in [3.63, 3.8) is 0 Å². The Hall–Kier alpha value is -3.12. The van der Waals surface area contributed by atoms with Gasteiger partial charge in [0.15, 0.2) is 0 Å². The molecule has 3 aliphatic rings. The molecule has 0 unspecified atom stereocenters. The van der Waals surface area contributed by atoms with Crippen LogP contribution < -0.4 is 10.1 Å². The predicted molar refractivity (Wildman–Crippen MR) is 138 cm³/mol. The molecule has 1 aromatic heterocycles. The Morgan fingerprint density at radius 1 is 1.18 bits per heavy atom. The van der Waals surface area contributed by atoms with Crippen molar-refractivity contribution in [1.29, 1.82) is 0 Å². The van der Waals surface area contributed by atoms with E-state index in [1.165, 1.54) is 38.5 Å². The zero-order valence-corrected chi connectivity index (χ0v) is 22.6. The molecule has 2 heterocycles. The minimum Gasteiger partial charge on any atom is -0.497 e. The number of ether oxygens (including phenoxy) is 2. The summed E-state index contributed by atoms with van der Waals surface area (Å²) in [7, 11) is 2.65. The molecular weight excluding hydrogens is 529 g/mol. The molecule has 1 aromatic carbocycles. The van der Waals surface area contributed by atoms with Crippen LogP contribution in [-0.4, -0.2) is 82.5 Å². The number of benzene rings is 1. The van der Waals surface area contributed by atoms with Crippen LogP contribution in [0.1, 0.15) is 61.9 Å². The quantitative estimate of drug-likeness (QED) is 0.451. The Kier molecular flexibility index (Phi) is 7.60. The maximum absolute atomic E-state index is 14.4. The van der Waals surface area contributed by atoms with Gasteiger partial charge in [0, 0.05) is 36.7 Å². The first kappa shape index (κ1) is 28.4. The molecule has 3 fully saturated rings. The van der Waals surface area contributed by atoms with Crippen molar-refractivity contribution in [2.75, 3.05) is 27.4 Å². The van der Waals surface area contributed by atoms with Crippen molar-refractivity contribution in [2.24, 2.45) is 5.92 Å². The van der Waals surface area contributed by atoms with Crippen LogP contribution in [0.3, 0.4) is 0 Å². The lowest BCUT2D eigenvalue weighted by Gasteiger charge is -2.42. The first-order valence-corrected chi connectivity index (χ1v) is 13.6. The third kappa shape index (κ3) is 5.30. The number of rotatable bonds is 8. The highest BCUT2D eigenvalue weighted by Gasteiger charge is 2.56. The second kappa shape index (κ2) is 10.7. The van der Waals surface area contributed by atoms with Crippen LogP contribution in [-0.2, 0) is 9.53 Å². The van der Waals surface area contributed by atoms with Gasteiger partial charge in [-0.15, -0.1) is 0 Å². The van der Waals surface area contributed by atoms with Crippen LogP contribution in [0.4, 0.5) is 13.2 Å². The van der Waals surface area contributed by atoms with Crippen LogP contribution >= 0.6 is 0 Å². The molecule has 1 saturated heterocycles. The fourth-order valence-corrected chi connectivity index (χ4v) is 6.13. The van der Waals surface area contributed by atoms with Gasteiger partial charge in [0.05, 0.1) is 12.8 Å². The number of nitrogens with one attached hydrogen (secondary N) is 2. The monoisotopic (exact) mass is 564 g/mol. The van der Waals surface area contributed by atoms with Gasteiger partial charge in [-0.05, 0) is 75.6 Å². The number of carbonyl (C=O) groups is 2. The zero-order valence-electron chi connectivity index (χ0n) is 22.6. The molecular formula is C28H35F3N4O5. The van der Waals surface area contributed by atoms with Crippen molar-refractivity contribution in [2.45, 2.75) is 74.5 Å². The summed E-state index contributed by atoms with van der Waals surface area (Å²) in [6.45, 7) is -0.468. The van der Waals surface area contributed by atoms with E-state index in [0.29, 0.717) is 30.8 Å². The summed E-state index contributed by atoms with van der Waals surface area (Å²) in [6.07, 6.45) is 2.78. The van der Waals surface area contributed by atoms with Gasteiger partial charge in [-0.2, -0.15) is 5.10 Å². The molecule has 9 nitrogen and oxygen atoms in total. The van der Waals surface area contributed by atoms with Crippen molar-refractivity contribution in [1.82, 2.24) is 20.4 Å². The number of nitrogens with zero attached hydrogens (tertiary/aromatic N) is 2. The second-order valence-electron chi connectivity index (χ2n) is 11.3. The molecule has 40 heavy (non-hydrogen) atoms. The van der Waals surface area contributed by atoms with Gasteiger partial charge in [-0.1, -0.05) is 0 Å². The number of methoxy groups -OCH3 is 2. The number of piperidine rings is 1. The summed E-state index contributed by atoms with van der Waals surface area (Å²) >= 11 is 0. The van der Waals surface area contributed by atoms with E-state index in [1.807, 2.05) is 0 Å². The highest BCUT2D eigenvalue weighted by Crippen LogP contribution is 2.50. The average molecular weight is 565 g/mol. The van der Waals surface area contributed by atoms with Crippen molar-refractivity contribution in [3.05, 3.63) is 35.8 Å². The standard InChI is InChI=1S/C28H35F3N4O5/c1-39-16-28(30,31)27(38)8-5-18(6-9-27)32-24(36)17-7-12-35(26(15-17)10-11-26)25(37)23-14-22(33-34-23)20-13-19(40-2)3-4-21(20)29/h3-4,13-14,17-18,38H,5-12,15-16H2,1-2H3,(H,32,36)(H,33,34)/t17-,18?,27?/m1/s1. The van der Waals surface area contributed by atoms with Crippen molar-refractivity contribution >= 4 is 11.8 Å². The highest BCUT2D eigenvalue weighted by atomic mass is 19.3. The van der Waals surface area contributed by atoms with E-state index in [2.05, 4.69) is 20.3 Å². The number of halogens is 3. The van der Waals surface area contributed by atoms with Gasteiger partial charge in [0.1, 0.15) is 29.5 Å². The lowest BCUT2D eigenvalue weighted by Crippen LogP contribution is -2.56. The number of hydrogen-bond acceptors (Lipinski definition) is 6. The lowest BCUT2D eigenvalue weighted by atomic mass is 9.78. The molecule has 2 saturated carbocycles. The van der Waals surface area contributed by atoms with Crippen LogP contribution in [0.5, 0.6) is 5.75 Å². The molecule has 12 heteroatoms. The highest BCUT2D eigenvalue weighted by molar-refractivity contribution is 5.94. The van der Waals surface area contributed by atoms with E-state index < -0.39 is 29.5 Å². The van der Waals surface area contributed by atoms with Crippen LogP contribution in [0.15, 0.2) is 24.3 Å². The maximum atomic E-state index is 14.4. The maximum Gasteiger partial charge on any atom is 0.298 e. The molecule has 1 spiro atoms. The predicted octanol–water partition coefficient (Wildman–Crippen LogP) is 3.68. The molecule has 2 amide bonds. The van der Waals surface area contributed by atoms with E-state index in [1.54, 1.807) is 4.90 Å². The molecule has 0 radical (unpaired) electrons. The molecule has 3 N–H and O–H groups in total. The topological polar surface area (TPSA) is 117 Å². The molecule has 2 aromatic rings. The Balaban J connectivity index is 1.18. The molecule has 5 rings (SSSR count). The van der Waals surface area contributed by atoms with E-state index in [9.17, 15) is 27.9 Å². The SMILES string of the molecule is COCC(F)(F)C1(O)CCC(NC(=O)[C@@H]2CCN(C(=O)c3cc(-c4cc(OC)ccc4F)n[nH]3)C3(CC3)C2)CC1. The van der Waals surface area contributed by atoms with Gasteiger partial charge in [0.25, 0.3) is 11.8 Å². The van der Waals surface area contributed by atoms with E-state index >= 15 is 0 Å². The smallest absolute Gasteiger partial charge is 0.298 e. The first-order valence-electron chi connectivity index (χ1n) is 13.6. The third-order valence-electron chi connectivity index (χ3n) is 8.77. The fourth-order valence-electron chi connectivity index (χ4n) is 6.13. The number of carbonyl (C=O) groups excluding carboxylic acids is 2. The number of aliphatic hydroxyl groups is 1. The van der Waals surface area contributed by atoms with Gasteiger partial charge in [-0.25, -0.2) is 13.2 Å². The largest absolute Gasteiger partial charge is 0.497 e. The number of amides is 2.